The summed E-state index contributed by atoms with van der Waals surface area (Å²) < 4.78 is 11.2. The van der Waals surface area contributed by atoms with Crippen LogP contribution < -0.4 is 5.32 Å². The van der Waals surface area contributed by atoms with E-state index in [0.29, 0.717) is 33.2 Å². The molecule has 2 aromatic carbocycles. The van der Waals surface area contributed by atoms with Crippen molar-refractivity contribution in [2.45, 2.75) is 6.10 Å². The third-order valence-electron chi connectivity index (χ3n) is 4.15. The number of Topliss-reactive ketones (excluding diaryl/α,β-unsaturated/α-hetero) is 2. The van der Waals surface area contributed by atoms with Crippen LogP contribution in [0.1, 0.15) is 15.9 Å². The number of thioether (sulfide) groups is 1. The highest BCUT2D eigenvalue weighted by Crippen LogP contribution is 2.40. The van der Waals surface area contributed by atoms with Crippen LogP contribution >= 0.6 is 11.8 Å². The SMILES string of the molecule is O=C(Nc1ccccc1)OCC1CSC2=C(O1)c1ccccc1C(=O)C2=O. The lowest BCUT2D eigenvalue weighted by molar-refractivity contribution is -0.111. The van der Waals surface area contributed by atoms with Gasteiger partial charge in [0.25, 0.3) is 0 Å². The summed E-state index contributed by atoms with van der Waals surface area (Å²) in [6.45, 7) is 0.0345. The first-order valence-corrected chi connectivity index (χ1v) is 9.33. The molecule has 7 heteroatoms. The van der Waals surface area contributed by atoms with Gasteiger partial charge in [-0.15, -0.1) is 11.8 Å². The predicted octanol–water partition coefficient (Wildman–Crippen LogP) is 3.50. The molecule has 0 spiro atoms. The Labute approximate surface area is 159 Å². The lowest BCUT2D eigenvalue weighted by Crippen LogP contribution is -2.33. The molecule has 1 aliphatic heterocycles. The Bertz CT molecular complexity index is 954. The molecule has 4 rings (SSSR count). The molecule has 27 heavy (non-hydrogen) atoms. The summed E-state index contributed by atoms with van der Waals surface area (Å²) in [4.78, 5) is 36.8. The van der Waals surface area contributed by atoms with Gasteiger partial charge >= 0.3 is 6.09 Å². The second kappa shape index (κ2) is 7.28. The molecule has 1 heterocycles. The number of fused-ring (bicyclic) bond motifs is 2. The third kappa shape index (κ3) is 3.46. The lowest BCUT2D eigenvalue weighted by atomic mass is 9.93. The molecule has 6 nitrogen and oxygen atoms in total. The van der Waals surface area contributed by atoms with E-state index in [0.717, 1.165) is 0 Å². The number of hydrogen-bond acceptors (Lipinski definition) is 6. The van der Waals surface area contributed by atoms with Crippen LogP contribution in [0.2, 0.25) is 0 Å². The number of carbonyl (C=O) groups excluding carboxylic acids is 3. The summed E-state index contributed by atoms with van der Waals surface area (Å²) >= 11 is 1.26. The van der Waals surface area contributed by atoms with E-state index < -0.39 is 23.8 Å². The van der Waals surface area contributed by atoms with E-state index >= 15 is 0 Å². The Hall–Kier alpha value is -3.06. The number of ketones is 2. The van der Waals surface area contributed by atoms with Crippen LogP contribution in [0.4, 0.5) is 10.5 Å². The standard InChI is InChI=1S/C20H15NO5S/c22-16-14-8-4-5-9-15(14)18-19(17(16)23)27-11-13(26-18)10-25-20(24)21-12-6-2-1-3-7-12/h1-9,13H,10-11H2,(H,21,24). The maximum absolute atomic E-state index is 12.3. The number of benzene rings is 2. The molecule has 1 atom stereocenters. The Morgan fingerprint density at radius 2 is 1.74 bits per heavy atom. The molecule has 0 radical (unpaired) electrons. The fraction of sp³-hybridized carbons (Fsp3) is 0.150. The molecule has 0 saturated heterocycles. The minimum Gasteiger partial charge on any atom is -0.484 e. The van der Waals surface area contributed by atoms with Crippen LogP contribution in [-0.2, 0) is 14.3 Å². The minimum atomic E-state index is -0.579. The van der Waals surface area contributed by atoms with Crippen molar-refractivity contribution in [3.05, 3.63) is 70.6 Å². The smallest absolute Gasteiger partial charge is 0.411 e. The summed E-state index contributed by atoms with van der Waals surface area (Å²) in [5.41, 5.74) is 1.57. The van der Waals surface area contributed by atoms with Gasteiger partial charge in [0, 0.05) is 22.6 Å². The zero-order valence-electron chi connectivity index (χ0n) is 14.1. The highest BCUT2D eigenvalue weighted by atomic mass is 32.2. The van der Waals surface area contributed by atoms with Gasteiger partial charge in [0.2, 0.25) is 11.6 Å². The molecule has 1 unspecified atom stereocenters. The third-order valence-corrected chi connectivity index (χ3v) is 5.35. The quantitative estimate of drug-likeness (QED) is 0.820. The molecule has 2 aliphatic rings. The van der Waals surface area contributed by atoms with Crippen LogP contribution in [0.25, 0.3) is 5.76 Å². The van der Waals surface area contributed by atoms with Gasteiger partial charge in [0.05, 0.1) is 0 Å². The Balaban J connectivity index is 1.44. The summed E-state index contributed by atoms with van der Waals surface area (Å²) in [5.74, 6) is -0.255. The zero-order valence-corrected chi connectivity index (χ0v) is 15.0. The number of amides is 1. The molecule has 1 N–H and O–H groups in total. The maximum atomic E-state index is 12.3. The average molecular weight is 381 g/mol. The molecule has 0 saturated carbocycles. The van der Waals surface area contributed by atoms with E-state index in [4.69, 9.17) is 9.47 Å². The second-order valence-electron chi connectivity index (χ2n) is 6.00. The normalized spacial score (nSPS) is 18.3. The topological polar surface area (TPSA) is 81.7 Å². The van der Waals surface area contributed by atoms with Gasteiger partial charge in [0.15, 0.2) is 0 Å². The van der Waals surface area contributed by atoms with E-state index in [1.54, 1.807) is 36.4 Å². The molecular formula is C20H15NO5S. The number of allylic oxidation sites excluding steroid dienone is 1. The van der Waals surface area contributed by atoms with E-state index in [1.165, 1.54) is 11.8 Å². The van der Waals surface area contributed by atoms with Crippen molar-refractivity contribution in [2.24, 2.45) is 0 Å². The maximum Gasteiger partial charge on any atom is 0.411 e. The fourth-order valence-electron chi connectivity index (χ4n) is 2.88. The Morgan fingerprint density at radius 3 is 2.52 bits per heavy atom. The van der Waals surface area contributed by atoms with Gasteiger partial charge in [-0.1, -0.05) is 42.5 Å². The number of hydrogen-bond donors (Lipinski definition) is 1. The van der Waals surface area contributed by atoms with Crippen LogP contribution in [0.5, 0.6) is 0 Å². The Morgan fingerprint density at radius 1 is 1.04 bits per heavy atom. The number of rotatable bonds is 3. The van der Waals surface area contributed by atoms with Crippen molar-refractivity contribution < 1.29 is 23.9 Å². The van der Waals surface area contributed by atoms with Gasteiger partial charge in [-0.05, 0) is 12.1 Å². The van der Waals surface area contributed by atoms with Gasteiger partial charge in [0.1, 0.15) is 23.4 Å². The molecule has 0 aromatic heterocycles. The first-order valence-electron chi connectivity index (χ1n) is 8.34. The van der Waals surface area contributed by atoms with E-state index in [1.807, 2.05) is 18.2 Å². The molecule has 2 aromatic rings. The first-order chi connectivity index (χ1) is 13.1. The largest absolute Gasteiger partial charge is 0.484 e. The summed E-state index contributed by atoms with van der Waals surface area (Å²) in [6, 6.07) is 15.8. The van der Waals surface area contributed by atoms with Crippen LogP contribution in [0.15, 0.2) is 59.5 Å². The molecule has 0 bridgehead atoms. The van der Waals surface area contributed by atoms with Crippen LogP contribution in [-0.4, -0.2) is 36.1 Å². The first kappa shape index (κ1) is 17.4. The number of para-hydroxylation sites is 1. The van der Waals surface area contributed by atoms with Crippen molar-refractivity contribution in [3.63, 3.8) is 0 Å². The number of anilines is 1. The van der Waals surface area contributed by atoms with Crippen molar-refractivity contribution in [1.29, 1.82) is 0 Å². The molecule has 1 aliphatic carbocycles. The van der Waals surface area contributed by atoms with E-state index in [2.05, 4.69) is 5.32 Å². The number of ether oxygens (including phenoxy) is 2. The minimum absolute atomic E-state index is 0.0345. The molecule has 1 amide bonds. The summed E-state index contributed by atoms with van der Waals surface area (Å²) in [5, 5.41) is 2.63. The predicted molar refractivity (Wildman–Crippen MR) is 101 cm³/mol. The fourth-order valence-corrected chi connectivity index (χ4v) is 3.91. The second-order valence-corrected chi connectivity index (χ2v) is 7.03. The van der Waals surface area contributed by atoms with E-state index in [9.17, 15) is 14.4 Å². The average Bonchev–Trinajstić information content (AvgIpc) is 2.71. The van der Waals surface area contributed by atoms with Crippen molar-refractivity contribution in [2.75, 3.05) is 17.7 Å². The van der Waals surface area contributed by atoms with Crippen LogP contribution in [0.3, 0.4) is 0 Å². The highest BCUT2D eigenvalue weighted by Gasteiger charge is 2.38. The Kier molecular flexibility index (Phi) is 4.68. The van der Waals surface area contributed by atoms with Crippen molar-refractivity contribution >= 4 is 40.9 Å². The molecule has 136 valence electrons. The number of nitrogens with one attached hydrogen (secondary N) is 1. The summed E-state index contributed by atoms with van der Waals surface area (Å²) in [6.07, 6.45) is -0.991. The number of carbonyl (C=O) groups is 3. The highest BCUT2D eigenvalue weighted by molar-refractivity contribution is 8.04. The summed E-state index contributed by atoms with van der Waals surface area (Å²) in [7, 11) is 0. The van der Waals surface area contributed by atoms with Crippen molar-refractivity contribution in [1.82, 2.24) is 0 Å². The monoisotopic (exact) mass is 381 g/mol. The molecule has 0 fully saturated rings. The van der Waals surface area contributed by atoms with Gasteiger partial charge in [-0.3, -0.25) is 14.9 Å². The van der Waals surface area contributed by atoms with Crippen LogP contribution in [0, 0.1) is 0 Å². The van der Waals surface area contributed by atoms with E-state index in [-0.39, 0.29) is 6.61 Å². The van der Waals surface area contributed by atoms with Crippen molar-refractivity contribution in [3.8, 4) is 0 Å². The zero-order chi connectivity index (χ0) is 18.8. The molecular weight excluding hydrogens is 366 g/mol. The van der Waals surface area contributed by atoms with Gasteiger partial charge in [-0.25, -0.2) is 4.79 Å². The van der Waals surface area contributed by atoms with Gasteiger partial charge < -0.3 is 9.47 Å². The lowest BCUT2D eigenvalue weighted by Gasteiger charge is -2.30. The van der Waals surface area contributed by atoms with Gasteiger partial charge in [-0.2, -0.15) is 0 Å².